The molecule has 0 aliphatic heterocycles. The van der Waals surface area contributed by atoms with Gasteiger partial charge in [-0.2, -0.15) is 0 Å². The summed E-state index contributed by atoms with van der Waals surface area (Å²) >= 11 is 0. The number of rotatable bonds is 7. The molecule has 0 amide bonds. The fourth-order valence-electron chi connectivity index (χ4n) is 2.07. The topological polar surface area (TPSA) is 23.6 Å². The fraction of sp³-hybridized carbons (Fsp3) is 0.533. The van der Waals surface area contributed by atoms with Crippen LogP contribution in [0.15, 0.2) is 18.2 Å². The molecule has 19 heavy (non-hydrogen) atoms. The molecule has 0 radical (unpaired) electrons. The summed E-state index contributed by atoms with van der Waals surface area (Å²) in [7, 11) is 4.00. The Morgan fingerprint density at radius 2 is 1.89 bits per heavy atom. The average Bonchev–Trinajstić information content (AvgIpc) is 2.33. The molecule has 0 bridgehead atoms. The molecular formula is C15H23FN2O. The summed E-state index contributed by atoms with van der Waals surface area (Å²) in [5, 5.41) is 0. The van der Waals surface area contributed by atoms with Crippen LogP contribution in [0.2, 0.25) is 0 Å². The standard InChI is InChI=1S/C15H23FN2O/c1-5-9-18(11-10-17(3)4)14-8-6-7-13(16)15(14)12(2)19/h6-8H,5,9-11H2,1-4H3. The second-order valence-electron chi connectivity index (χ2n) is 4.98. The minimum Gasteiger partial charge on any atom is -0.370 e. The number of nitrogens with zero attached hydrogens (tertiary/aromatic N) is 2. The van der Waals surface area contributed by atoms with Gasteiger partial charge < -0.3 is 9.80 Å². The van der Waals surface area contributed by atoms with E-state index in [1.807, 2.05) is 20.2 Å². The smallest absolute Gasteiger partial charge is 0.164 e. The molecule has 0 aliphatic rings. The quantitative estimate of drug-likeness (QED) is 0.709. The van der Waals surface area contributed by atoms with Crippen molar-refractivity contribution in [3.05, 3.63) is 29.6 Å². The molecule has 0 unspecified atom stereocenters. The van der Waals surface area contributed by atoms with Crippen LogP contribution in [0.3, 0.4) is 0 Å². The van der Waals surface area contributed by atoms with Gasteiger partial charge in [0.05, 0.1) is 11.3 Å². The van der Waals surface area contributed by atoms with Gasteiger partial charge in [-0.1, -0.05) is 13.0 Å². The zero-order valence-corrected chi connectivity index (χ0v) is 12.2. The first-order valence-electron chi connectivity index (χ1n) is 6.66. The summed E-state index contributed by atoms with van der Waals surface area (Å²) < 4.78 is 13.8. The lowest BCUT2D eigenvalue weighted by Gasteiger charge is -2.27. The number of benzene rings is 1. The number of halogens is 1. The highest BCUT2D eigenvalue weighted by molar-refractivity contribution is 6.00. The Hall–Kier alpha value is -1.42. The van der Waals surface area contributed by atoms with Crippen molar-refractivity contribution in [2.45, 2.75) is 20.3 Å². The van der Waals surface area contributed by atoms with E-state index in [-0.39, 0.29) is 11.3 Å². The lowest BCUT2D eigenvalue weighted by atomic mass is 10.1. The molecule has 0 atom stereocenters. The van der Waals surface area contributed by atoms with Gasteiger partial charge in [-0.3, -0.25) is 4.79 Å². The molecule has 106 valence electrons. The van der Waals surface area contributed by atoms with Gasteiger partial charge in [-0.15, -0.1) is 0 Å². The van der Waals surface area contributed by atoms with Crippen molar-refractivity contribution in [1.29, 1.82) is 0 Å². The van der Waals surface area contributed by atoms with Crippen molar-refractivity contribution < 1.29 is 9.18 Å². The Labute approximate surface area is 115 Å². The molecule has 0 heterocycles. The Bertz CT molecular complexity index is 432. The molecule has 1 aromatic carbocycles. The summed E-state index contributed by atoms with van der Waals surface area (Å²) in [6.45, 7) is 5.96. The van der Waals surface area contributed by atoms with Crippen LogP contribution >= 0.6 is 0 Å². The van der Waals surface area contributed by atoms with E-state index in [1.165, 1.54) is 13.0 Å². The minimum absolute atomic E-state index is 0.203. The maximum absolute atomic E-state index is 13.8. The van der Waals surface area contributed by atoms with Crippen molar-refractivity contribution >= 4 is 11.5 Å². The normalized spacial score (nSPS) is 10.8. The van der Waals surface area contributed by atoms with Crippen molar-refractivity contribution in [2.24, 2.45) is 0 Å². The largest absolute Gasteiger partial charge is 0.370 e. The predicted molar refractivity (Wildman–Crippen MR) is 77.5 cm³/mol. The summed E-state index contributed by atoms with van der Waals surface area (Å²) in [6.07, 6.45) is 0.960. The molecule has 0 saturated heterocycles. The number of carbonyl (C=O) groups is 1. The zero-order chi connectivity index (χ0) is 14.4. The predicted octanol–water partition coefficient (Wildman–Crippen LogP) is 2.81. The van der Waals surface area contributed by atoms with Crippen LogP contribution in [0.5, 0.6) is 0 Å². The van der Waals surface area contributed by atoms with Crippen molar-refractivity contribution in [3.8, 4) is 0 Å². The average molecular weight is 266 g/mol. The van der Waals surface area contributed by atoms with Crippen LogP contribution in [0, 0.1) is 5.82 Å². The maximum Gasteiger partial charge on any atom is 0.164 e. The first-order valence-corrected chi connectivity index (χ1v) is 6.66. The number of hydrogen-bond acceptors (Lipinski definition) is 3. The van der Waals surface area contributed by atoms with E-state index in [1.54, 1.807) is 6.07 Å². The Morgan fingerprint density at radius 3 is 2.42 bits per heavy atom. The van der Waals surface area contributed by atoms with E-state index in [0.717, 1.165) is 26.1 Å². The highest BCUT2D eigenvalue weighted by atomic mass is 19.1. The number of Topliss-reactive ketones (excluding diaryl/α,β-unsaturated/α-hetero) is 1. The summed E-state index contributed by atoms with van der Waals surface area (Å²) in [5.74, 6) is -0.657. The summed E-state index contributed by atoms with van der Waals surface area (Å²) in [6, 6.07) is 4.83. The molecular weight excluding hydrogens is 243 g/mol. The van der Waals surface area contributed by atoms with Gasteiger partial charge in [0.1, 0.15) is 5.82 Å². The van der Waals surface area contributed by atoms with Gasteiger partial charge in [0, 0.05) is 19.6 Å². The highest BCUT2D eigenvalue weighted by Crippen LogP contribution is 2.24. The monoisotopic (exact) mass is 266 g/mol. The molecule has 4 heteroatoms. The molecule has 1 aromatic rings. The Morgan fingerprint density at radius 1 is 1.21 bits per heavy atom. The molecule has 3 nitrogen and oxygen atoms in total. The zero-order valence-electron chi connectivity index (χ0n) is 12.2. The number of anilines is 1. The number of hydrogen-bond donors (Lipinski definition) is 0. The van der Waals surface area contributed by atoms with E-state index in [2.05, 4.69) is 16.7 Å². The third kappa shape index (κ3) is 4.31. The number of likely N-dealkylation sites (N-methyl/N-ethyl adjacent to an activating group) is 1. The van der Waals surface area contributed by atoms with E-state index >= 15 is 0 Å². The fourth-order valence-corrected chi connectivity index (χ4v) is 2.07. The number of ketones is 1. The van der Waals surface area contributed by atoms with Gasteiger partial charge >= 0.3 is 0 Å². The van der Waals surface area contributed by atoms with Crippen LogP contribution < -0.4 is 4.90 Å². The Kier molecular flexibility index (Phi) is 5.96. The van der Waals surface area contributed by atoms with Crippen molar-refractivity contribution in [1.82, 2.24) is 4.90 Å². The second-order valence-corrected chi connectivity index (χ2v) is 4.98. The van der Waals surface area contributed by atoms with Crippen LogP contribution in [0.4, 0.5) is 10.1 Å². The maximum atomic E-state index is 13.8. The van der Waals surface area contributed by atoms with Gasteiger partial charge in [0.15, 0.2) is 5.78 Å². The third-order valence-corrected chi connectivity index (χ3v) is 3.00. The van der Waals surface area contributed by atoms with E-state index in [9.17, 15) is 9.18 Å². The van der Waals surface area contributed by atoms with Crippen LogP contribution in [-0.2, 0) is 0 Å². The van der Waals surface area contributed by atoms with Crippen LogP contribution in [0.25, 0.3) is 0 Å². The van der Waals surface area contributed by atoms with E-state index in [0.29, 0.717) is 5.69 Å². The minimum atomic E-state index is -0.434. The van der Waals surface area contributed by atoms with Crippen LogP contribution in [0.1, 0.15) is 30.6 Å². The lowest BCUT2D eigenvalue weighted by molar-refractivity contribution is 0.101. The summed E-state index contributed by atoms with van der Waals surface area (Å²) in [5.41, 5.74) is 0.908. The van der Waals surface area contributed by atoms with E-state index < -0.39 is 5.82 Å². The molecule has 0 aliphatic carbocycles. The Balaban J connectivity index is 3.07. The van der Waals surface area contributed by atoms with Gasteiger partial charge in [0.2, 0.25) is 0 Å². The molecule has 0 fully saturated rings. The van der Waals surface area contributed by atoms with Crippen LogP contribution in [-0.4, -0.2) is 44.4 Å². The van der Waals surface area contributed by atoms with E-state index in [4.69, 9.17) is 0 Å². The lowest BCUT2D eigenvalue weighted by Crippen LogP contribution is -2.33. The molecule has 0 N–H and O–H groups in total. The molecule has 1 rings (SSSR count). The molecule has 0 saturated carbocycles. The second kappa shape index (κ2) is 7.24. The first-order chi connectivity index (χ1) is 8.97. The molecule has 0 spiro atoms. The third-order valence-electron chi connectivity index (χ3n) is 3.00. The van der Waals surface area contributed by atoms with Gasteiger partial charge in [-0.25, -0.2) is 4.39 Å². The van der Waals surface area contributed by atoms with Gasteiger partial charge in [-0.05, 0) is 39.6 Å². The van der Waals surface area contributed by atoms with Crippen molar-refractivity contribution in [2.75, 3.05) is 38.6 Å². The van der Waals surface area contributed by atoms with Gasteiger partial charge in [0.25, 0.3) is 0 Å². The molecule has 0 aromatic heterocycles. The van der Waals surface area contributed by atoms with Crippen molar-refractivity contribution in [3.63, 3.8) is 0 Å². The highest BCUT2D eigenvalue weighted by Gasteiger charge is 2.17. The SMILES string of the molecule is CCCN(CCN(C)C)c1cccc(F)c1C(C)=O. The first kappa shape index (κ1) is 15.6. The summed E-state index contributed by atoms with van der Waals surface area (Å²) in [4.78, 5) is 15.8. The number of carbonyl (C=O) groups excluding carboxylic acids is 1.